The molecule has 34 heavy (non-hydrogen) atoms. The topological polar surface area (TPSA) is 95.2 Å². The third-order valence-electron chi connectivity index (χ3n) is 4.99. The summed E-state index contributed by atoms with van der Waals surface area (Å²) in [6.07, 6.45) is -4.08. The molecule has 1 N–H and O–H groups in total. The summed E-state index contributed by atoms with van der Waals surface area (Å²) in [5.74, 6) is -0.806. The normalized spacial score (nSPS) is 11.4. The van der Waals surface area contributed by atoms with Crippen LogP contribution in [0.4, 0.5) is 13.2 Å². The minimum Gasteiger partial charge on any atom is -0.385 e. The quantitative estimate of drug-likeness (QED) is 0.505. The standard InChI is InChI=1S/C23H23F3N4O4/c1-15-4-6-16(7-5-15)14-29-21(32)19(20(31)27-12-3-13-34-2)28-30(22(29)33)18-10-8-17(9-11-18)23(24,25)26/h4-11H,3,12-14H2,1-2H3,(H,27,31). The molecule has 0 spiro atoms. The Hall–Kier alpha value is -3.73. The van der Waals surface area contributed by atoms with Crippen LogP contribution in [0.3, 0.4) is 0 Å². The number of carbonyl (C=O) groups is 1. The van der Waals surface area contributed by atoms with Crippen molar-refractivity contribution in [2.45, 2.75) is 26.1 Å². The molecule has 0 aliphatic rings. The van der Waals surface area contributed by atoms with E-state index < -0.39 is 34.6 Å². The molecule has 0 saturated heterocycles. The van der Waals surface area contributed by atoms with E-state index in [0.29, 0.717) is 18.6 Å². The second-order valence-electron chi connectivity index (χ2n) is 7.57. The van der Waals surface area contributed by atoms with Crippen molar-refractivity contribution in [3.05, 3.63) is 91.8 Å². The van der Waals surface area contributed by atoms with Crippen LogP contribution in [0.1, 0.15) is 33.6 Å². The van der Waals surface area contributed by atoms with Crippen molar-refractivity contribution in [1.82, 2.24) is 19.7 Å². The van der Waals surface area contributed by atoms with Gasteiger partial charge >= 0.3 is 11.9 Å². The van der Waals surface area contributed by atoms with Gasteiger partial charge in [0.1, 0.15) is 0 Å². The van der Waals surface area contributed by atoms with Gasteiger partial charge in [0.15, 0.2) is 0 Å². The number of amides is 1. The average Bonchev–Trinajstić information content (AvgIpc) is 2.80. The van der Waals surface area contributed by atoms with Crippen LogP contribution in [0.25, 0.3) is 5.69 Å². The molecule has 1 amide bonds. The van der Waals surface area contributed by atoms with Gasteiger partial charge in [0, 0.05) is 20.3 Å². The van der Waals surface area contributed by atoms with Crippen LogP contribution in [0, 0.1) is 6.92 Å². The van der Waals surface area contributed by atoms with E-state index in [1.54, 1.807) is 24.3 Å². The number of rotatable bonds is 8. The zero-order valence-corrected chi connectivity index (χ0v) is 18.6. The summed E-state index contributed by atoms with van der Waals surface area (Å²) < 4.78 is 45.3. The number of hydrogen-bond donors (Lipinski definition) is 1. The van der Waals surface area contributed by atoms with E-state index in [1.165, 1.54) is 7.11 Å². The molecule has 3 rings (SSSR count). The Morgan fingerprint density at radius 2 is 1.71 bits per heavy atom. The maximum atomic E-state index is 13.1. The molecule has 0 unspecified atom stereocenters. The van der Waals surface area contributed by atoms with Crippen molar-refractivity contribution < 1.29 is 22.7 Å². The van der Waals surface area contributed by atoms with Gasteiger partial charge in [-0.2, -0.15) is 23.0 Å². The average molecular weight is 476 g/mol. The van der Waals surface area contributed by atoms with Crippen LogP contribution in [0.2, 0.25) is 0 Å². The molecule has 0 saturated carbocycles. The van der Waals surface area contributed by atoms with Crippen LogP contribution in [-0.4, -0.2) is 40.5 Å². The van der Waals surface area contributed by atoms with E-state index in [1.807, 2.05) is 6.92 Å². The number of alkyl halides is 3. The maximum absolute atomic E-state index is 13.1. The molecular formula is C23H23F3N4O4. The zero-order valence-electron chi connectivity index (χ0n) is 18.6. The van der Waals surface area contributed by atoms with Gasteiger partial charge in [-0.15, -0.1) is 0 Å². The fourth-order valence-corrected chi connectivity index (χ4v) is 3.13. The minimum absolute atomic E-state index is 0.0240. The first-order chi connectivity index (χ1) is 16.1. The Balaban J connectivity index is 2.08. The summed E-state index contributed by atoms with van der Waals surface area (Å²) in [4.78, 5) is 38.8. The van der Waals surface area contributed by atoms with Gasteiger partial charge in [0.2, 0.25) is 5.69 Å². The zero-order chi connectivity index (χ0) is 24.9. The highest BCUT2D eigenvalue weighted by atomic mass is 19.4. The number of ether oxygens (including phenoxy) is 1. The van der Waals surface area contributed by atoms with E-state index in [2.05, 4.69) is 10.4 Å². The number of methoxy groups -OCH3 is 1. The van der Waals surface area contributed by atoms with Crippen molar-refractivity contribution in [3.63, 3.8) is 0 Å². The molecular weight excluding hydrogens is 453 g/mol. The molecule has 0 aliphatic heterocycles. The molecule has 0 bridgehead atoms. The molecule has 2 aromatic carbocycles. The second kappa shape index (κ2) is 10.5. The van der Waals surface area contributed by atoms with E-state index in [0.717, 1.165) is 39.1 Å². The summed E-state index contributed by atoms with van der Waals surface area (Å²) in [7, 11) is 1.51. The lowest BCUT2D eigenvalue weighted by atomic mass is 10.1. The Morgan fingerprint density at radius 3 is 2.29 bits per heavy atom. The smallest absolute Gasteiger partial charge is 0.385 e. The molecule has 0 aliphatic carbocycles. The number of aromatic nitrogens is 3. The van der Waals surface area contributed by atoms with Crippen molar-refractivity contribution in [3.8, 4) is 5.69 Å². The third kappa shape index (κ3) is 5.79. The third-order valence-corrected chi connectivity index (χ3v) is 4.99. The van der Waals surface area contributed by atoms with Gasteiger partial charge in [-0.05, 0) is 43.2 Å². The minimum atomic E-state index is -4.56. The summed E-state index contributed by atoms with van der Waals surface area (Å²) >= 11 is 0. The molecule has 0 radical (unpaired) electrons. The lowest BCUT2D eigenvalue weighted by molar-refractivity contribution is -0.137. The van der Waals surface area contributed by atoms with Crippen molar-refractivity contribution in [2.75, 3.05) is 20.3 Å². The molecule has 8 nitrogen and oxygen atoms in total. The predicted octanol–water partition coefficient (Wildman–Crippen LogP) is 2.54. The fourth-order valence-electron chi connectivity index (χ4n) is 3.13. The van der Waals surface area contributed by atoms with Crippen LogP contribution in [-0.2, 0) is 17.5 Å². The van der Waals surface area contributed by atoms with Crippen LogP contribution in [0.15, 0.2) is 58.1 Å². The number of nitrogens with zero attached hydrogens (tertiary/aromatic N) is 3. The first-order valence-corrected chi connectivity index (χ1v) is 10.4. The first-order valence-electron chi connectivity index (χ1n) is 10.4. The highest BCUT2D eigenvalue weighted by Crippen LogP contribution is 2.29. The Morgan fingerprint density at radius 1 is 1.06 bits per heavy atom. The monoisotopic (exact) mass is 476 g/mol. The van der Waals surface area contributed by atoms with E-state index in [-0.39, 0.29) is 18.8 Å². The predicted molar refractivity (Wildman–Crippen MR) is 118 cm³/mol. The maximum Gasteiger partial charge on any atom is 0.416 e. The van der Waals surface area contributed by atoms with Crippen LogP contribution < -0.4 is 16.6 Å². The first kappa shape index (κ1) is 24.9. The van der Waals surface area contributed by atoms with Crippen molar-refractivity contribution in [1.29, 1.82) is 0 Å². The molecule has 180 valence electrons. The van der Waals surface area contributed by atoms with Gasteiger partial charge in [-0.3, -0.25) is 14.2 Å². The molecule has 1 heterocycles. The van der Waals surface area contributed by atoms with Crippen LogP contribution >= 0.6 is 0 Å². The number of halogens is 3. The molecule has 3 aromatic rings. The number of aryl methyl sites for hydroxylation is 1. The molecule has 11 heteroatoms. The summed E-state index contributed by atoms with van der Waals surface area (Å²) in [6.45, 7) is 2.32. The number of carbonyl (C=O) groups excluding carboxylic acids is 1. The Labute approximate surface area is 192 Å². The van der Waals surface area contributed by atoms with E-state index in [9.17, 15) is 27.6 Å². The van der Waals surface area contributed by atoms with E-state index in [4.69, 9.17) is 4.74 Å². The summed E-state index contributed by atoms with van der Waals surface area (Å²) in [5.41, 5.74) is -1.67. The molecule has 1 aromatic heterocycles. The van der Waals surface area contributed by atoms with Gasteiger partial charge in [-0.25, -0.2) is 4.79 Å². The van der Waals surface area contributed by atoms with Crippen molar-refractivity contribution in [2.24, 2.45) is 0 Å². The van der Waals surface area contributed by atoms with Crippen LogP contribution in [0.5, 0.6) is 0 Å². The SMILES string of the molecule is COCCCNC(=O)c1nn(-c2ccc(C(F)(F)F)cc2)c(=O)n(Cc2ccc(C)cc2)c1=O. The van der Waals surface area contributed by atoms with E-state index >= 15 is 0 Å². The van der Waals surface area contributed by atoms with Crippen molar-refractivity contribution >= 4 is 5.91 Å². The summed E-state index contributed by atoms with van der Waals surface area (Å²) in [5, 5.41) is 6.44. The molecule has 0 atom stereocenters. The Bertz CT molecular complexity index is 1260. The second-order valence-corrected chi connectivity index (χ2v) is 7.57. The van der Waals surface area contributed by atoms with Gasteiger partial charge in [0.05, 0.1) is 17.8 Å². The van der Waals surface area contributed by atoms with Gasteiger partial charge in [0.25, 0.3) is 11.5 Å². The molecule has 0 fully saturated rings. The van der Waals surface area contributed by atoms with Gasteiger partial charge < -0.3 is 10.1 Å². The highest BCUT2D eigenvalue weighted by Gasteiger charge is 2.30. The fraction of sp³-hybridized carbons (Fsp3) is 0.304. The lowest BCUT2D eigenvalue weighted by Gasteiger charge is -2.13. The lowest BCUT2D eigenvalue weighted by Crippen LogP contribution is -2.46. The number of nitrogens with one attached hydrogen (secondary N) is 1. The highest BCUT2D eigenvalue weighted by molar-refractivity contribution is 5.91. The number of benzene rings is 2. The Kier molecular flexibility index (Phi) is 7.67. The van der Waals surface area contributed by atoms with Gasteiger partial charge in [-0.1, -0.05) is 29.8 Å². The number of hydrogen-bond acceptors (Lipinski definition) is 5. The largest absolute Gasteiger partial charge is 0.416 e. The summed E-state index contributed by atoms with van der Waals surface area (Å²) in [6, 6.07) is 10.8.